The summed E-state index contributed by atoms with van der Waals surface area (Å²) in [5.41, 5.74) is 3.44. The standard InChI is InChI=1S/C21H18N4O4S/c1-13-3-5-15-16(11-13)25(19-7-8-22-21(24-19)30(2,26)27)20(23-15)14-4-6-17-18(12-14)29-10-9-28-17/h3-8,11-12H,9-10H2,1-2H3. The second-order valence-corrected chi connectivity index (χ2v) is 9.00. The fourth-order valence-electron chi connectivity index (χ4n) is 3.43. The minimum absolute atomic E-state index is 0.234. The van der Waals surface area contributed by atoms with Gasteiger partial charge in [0.15, 0.2) is 11.5 Å². The molecule has 0 atom stereocenters. The van der Waals surface area contributed by atoms with Crippen LogP contribution in [0.4, 0.5) is 0 Å². The van der Waals surface area contributed by atoms with Gasteiger partial charge in [-0.3, -0.25) is 4.57 Å². The maximum Gasteiger partial charge on any atom is 0.248 e. The van der Waals surface area contributed by atoms with Crippen molar-refractivity contribution in [3.05, 3.63) is 54.2 Å². The number of aryl methyl sites for hydroxylation is 1. The van der Waals surface area contributed by atoms with Gasteiger partial charge in [0, 0.05) is 18.0 Å². The summed E-state index contributed by atoms with van der Waals surface area (Å²) in [6.45, 7) is 2.98. The average molecular weight is 422 g/mol. The van der Waals surface area contributed by atoms with Crippen molar-refractivity contribution in [2.75, 3.05) is 19.5 Å². The summed E-state index contributed by atoms with van der Waals surface area (Å²) in [6, 6.07) is 13.2. The number of imidazole rings is 1. The van der Waals surface area contributed by atoms with E-state index >= 15 is 0 Å². The lowest BCUT2D eigenvalue weighted by Gasteiger charge is -2.19. The molecule has 2 aromatic heterocycles. The van der Waals surface area contributed by atoms with E-state index in [0.29, 0.717) is 36.4 Å². The molecule has 0 unspecified atom stereocenters. The predicted octanol–water partition coefficient (Wildman–Crippen LogP) is 2.97. The summed E-state index contributed by atoms with van der Waals surface area (Å²) in [5.74, 6) is 2.37. The summed E-state index contributed by atoms with van der Waals surface area (Å²) >= 11 is 0. The predicted molar refractivity (Wildman–Crippen MR) is 111 cm³/mol. The first-order valence-electron chi connectivity index (χ1n) is 9.33. The highest BCUT2D eigenvalue weighted by Gasteiger charge is 2.20. The summed E-state index contributed by atoms with van der Waals surface area (Å²) < 4.78 is 37.2. The lowest BCUT2D eigenvalue weighted by Crippen LogP contribution is -2.15. The molecule has 0 amide bonds. The first-order chi connectivity index (χ1) is 14.4. The first kappa shape index (κ1) is 18.6. The molecule has 152 valence electrons. The Hall–Kier alpha value is -3.46. The lowest BCUT2D eigenvalue weighted by molar-refractivity contribution is 0.171. The van der Waals surface area contributed by atoms with Crippen molar-refractivity contribution in [2.24, 2.45) is 0 Å². The number of fused-ring (bicyclic) bond motifs is 2. The van der Waals surface area contributed by atoms with E-state index in [4.69, 9.17) is 14.5 Å². The van der Waals surface area contributed by atoms with Crippen LogP contribution in [-0.2, 0) is 9.84 Å². The molecule has 9 heteroatoms. The molecule has 3 heterocycles. The van der Waals surface area contributed by atoms with Crippen LogP contribution in [0.5, 0.6) is 11.5 Å². The molecule has 1 aliphatic heterocycles. The van der Waals surface area contributed by atoms with Crippen molar-refractivity contribution < 1.29 is 17.9 Å². The van der Waals surface area contributed by atoms with E-state index in [1.54, 1.807) is 6.07 Å². The average Bonchev–Trinajstić information content (AvgIpc) is 3.11. The number of nitrogens with zero attached hydrogens (tertiary/aromatic N) is 4. The monoisotopic (exact) mass is 422 g/mol. The second kappa shape index (κ2) is 6.81. The van der Waals surface area contributed by atoms with Gasteiger partial charge in [-0.25, -0.2) is 23.4 Å². The molecule has 5 rings (SSSR count). The molecule has 0 bridgehead atoms. The van der Waals surface area contributed by atoms with Crippen LogP contribution < -0.4 is 9.47 Å². The van der Waals surface area contributed by atoms with E-state index in [-0.39, 0.29) is 5.16 Å². The van der Waals surface area contributed by atoms with Gasteiger partial charge in [-0.15, -0.1) is 0 Å². The third kappa shape index (κ3) is 3.17. The molecule has 0 saturated heterocycles. The van der Waals surface area contributed by atoms with Gasteiger partial charge in [0.25, 0.3) is 0 Å². The summed E-state index contributed by atoms with van der Waals surface area (Å²) in [5, 5.41) is -0.234. The maximum absolute atomic E-state index is 12.0. The van der Waals surface area contributed by atoms with Crippen LogP contribution in [0.1, 0.15) is 5.56 Å². The van der Waals surface area contributed by atoms with Crippen molar-refractivity contribution in [1.82, 2.24) is 19.5 Å². The zero-order chi connectivity index (χ0) is 20.9. The number of rotatable bonds is 3. The fraction of sp³-hybridized carbons (Fsp3) is 0.190. The van der Waals surface area contributed by atoms with Crippen LogP contribution in [0.3, 0.4) is 0 Å². The fourth-order valence-corrected chi connectivity index (χ4v) is 3.94. The van der Waals surface area contributed by atoms with Crippen LogP contribution in [0, 0.1) is 6.92 Å². The molecule has 4 aromatic rings. The van der Waals surface area contributed by atoms with Gasteiger partial charge in [0.05, 0.1) is 11.0 Å². The number of ether oxygens (including phenoxy) is 2. The van der Waals surface area contributed by atoms with Gasteiger partial charge >= 0.3 is 0 Å². The molecule has 0 fully saturated rings. The topological polar surface area (TPSA) is 96.2 Å². The summed E-state index contributed by atoms with van der Waals surface area (Å²) in [4.78, 5) is 13.0. The minimum Gasteiger partial charge on any atom is -0.486 e. The Morgan fingerprint density at radius 3 is 2.57 bits per heavy atom. The molecule has 2 aromatic carbocycles. The smallest absolute Gasteiger partial charge is 0.248 e. The summed E-state index contributed by atoms with van der Waals surface area (Å²) in [6.07, 6.45) is 2.53. The van der Waals surface area contributed by atoms with Crippen molar-refractivity contribution in [2.45, 2.75) is 12.1 Å². The number of hydrogen-bond acceptors (Lipinski definition) is 7. The lowest BCUT2D eigenvalue weighted by atomic mass is 10.2. The largest absolute Gasteiger partial charge is 0.486 e. The molecule has 0 aliphatic carbocycles. The molecule has 0 spiro atoms. The van der Waals surface area contributed by atoms with Crippen LogP contribution in [0.2, 0.25) is 0 Å². The van der Waals surface area contributed by atoms with Crippen LogP contribution >= 0.6 is 0 Å². The number of hydrogen-bond donors (Lipinski definition) is 0. The second-order valence-electron chi connectivity index (χ2n) is 7.09. The highest BCUT2D eigenvalue weighted by atomic mass is 32.2. The van der Waals surface area contributed by atoms with Crippen LogP contribution in [0.15, 0.2) is 53.8 Å². The third-order valence-corrected chi connectivity index (χ3v) is 5.65. The number of aromatic nitrogens is 4. The molecule has 1 aliphatic rings. The Bertz CT molecular complexity index is 1400. The highest BCUT2D eigenvalue weighted by Crippen LogP contribution is 2.36. The third-order valence-electron chi connectivity index (χ3n) is 4.79. The first-order valence-corrected chi connectivity index (χ1v) is 11.2. The van der Waals surface area contributed by atoms with Gasteiger partial charge in [-0.05, 0) is 48.9 Å². The van der Waals surface area contributed by atoms with Gasteiger partial charge in [0.1, 0.15) is 24.9 Å². The van der Waals surface area contributed by atoms with Crippen LogP contribution in [0.25, 0.3) is 28.2 Å². The van der Waals surface area contributed by atoms with Crippen molar-refractivity contribution >= 4 is 20.9 Å². The molecule has 0 radical (unpaired) electrons. The van der Waals surface area contributed by atoms with E-state index in [0.717, 1.165) is 28.4 Å². The molecular formula is C21H18N4O4S. The van der Waals surface area contributed by atoms with Crippen molar-refractivity contribution in [3.63, 3.8) is 0 Å². The van der Waals surface area contributed by atoms with E-state index in [1.165, 1.54) is 6.20 Å². The zero-order valence-electron chi connectivity index (χ0n) is 16.4. The van der Waals surface area contributed by atoms with E-state index in [2.05, 4.69) is 9.97 Å². The zero-order valence-corrected chi connectivity index (χ0v) is 17.2. The SMILES string of the molecule is Cc1ccc2nc(-c3ccc4c(c3)OCCO4)n(-c3ccnc(S(C)(=O)=O)n3)c2c1. The molecule has 0 N–H and O–H groups in total. The molecule has 30 heavy (non-hydrogen) atoms. The molecular weight excluding hydrogens is 404 g/mol. The van der Waals surface area contributed by atoms with Gasteiger partial charge < -0.3 is 9.47 Å². The van der Waals surface area contributed by atoms with Gasteiger partial charge in [0.2, 0.25) is 15.0 Å². The highest BCUT2D eigenvalue weighted by molar-refractivity contribution is 7.90. The van der Waals surface area contributed by atoms with Crippen LogP contribution in [-0.4, -0.2) is 47.4 Å². The Kier molecular flexibility index (Phi) is 4.21. The van der Waals surface area contributed by atoms with E-state index in [1.807, 2.05) is 47.9 Å². The maximum atomic E-state index is 12.0. The Morgan fingerprint density at radius 1 is 0.967 bits per heavy atom. The minimum atomic E-state index is -3.56. The normalized spacial score (nSPS) is 13.5. The Morgan fingerprint density at radius 2 is 1.77 bits per heavy atom. The molecule has 8 nitrogen and oxygen atoms in total. The van der Waals surface area contributed by atoms with Gasteiger partial charge in [-0.1, -0.05) is 6.07 Å². The van der Waals surface area contributed by atoms with E-state index < -0.39 is 9.84 Å². The van der Waals surface area contributed by atoms with Crippen molar-refractivity contribution in [1.29, 1.82) is 0 Å². The molecule has 0 saturated carbocycles. The Labute approximate surface area is 173 Å². The number of sulfone groups is 1. The van der Waals surface area contributed by atoms with Gasteiger partial charge in [-0.2, -0.15) is 0 Å². The Balaban J connectivity index is 1.78. The van der Waals surface area contributed by atoms with E-state index in [9.17, 15) is 8.42 Å². The summed E-state index contributed by atoms with van der Waals surface area (Å²) in [7, 11) is -3.56. The number of benzene rings is 2. The quantitative estimate of drug-likeness (QED) is 0.468. The van der Waals surface area contributed by atoms with Crippen molar-refractivity contribution in [3.8, 4) is 28.7 Å².